The molecule has 0 unspecified atom stereocenters. The van der Waals surface area contributed by atoms with Crippen molar-refractivity contribution in [2.75, 3.05) is 11.9 Å². The molecule has 1 fully saturated rings. The molecule has 1 aliphatic carbocycles. The minimum atomic E-state index is -0.745. The SMILES string of the molecule is CCCCOc1ccc(NC(=O)NC2CCC(C(=O)O)CC2)cn1. The largest absolute Gasteiger partial charge is 0.481 e. The molecule has 0 aromatic carbocycles. The Morgan fingerprint density at radius 1 is 1.29 bits per heavy atom. The number of carboxylic acids is 1. The zero-order chi connectivity index (χ0) is 17.4. The van der Waals surface area contributed by atoms with Gasteiger partial charge >= 0.3 is 12.0 Å². The van der Waals surface area contributed by atoms with E-state index in [4.69, 9.17) is 9.84 Å². The fraction of sp³-hybridized carbons (Fsp3) is 0.588. The highest BCUT2D eigenvalue weighted by Crippen LogP contribution is 2.24. The lowest BCUT2D eigenvalue weighted by atomic mass is 9.86. The van der Waals surface area contributed by atoms with Crippen molar-refractivity contribution in [3.63, 3.8) is 0 Å². The van der Waals surface area contributed by atoms with E-state index in [0.717, 1.165) is 12.8 Å². The maximum Gasteiger partial charge on any atom is 0.319 e. The number of carbonyl (C=O) groups is 2. The molecule has 1 heterocycles. The molecule has 1 aromatic heterocycles. The van der Waals surface area contributed by atoms with Crippen LogP contribution in [-0.2, 0) is 4.79 Å². The van der Waals surface area contributed by atoms with Crippen LogP contribution in [0.5, 0.6) is 5.88 Å². The van der Waals surface area contributed by atoms with E-state index in [9.17, 15) is 9.59 Å². The highest BCUT2D eigenvalue weighted by atomic mass is 16.5. The average molecular weight is 335 g/mol. The third-order valence-electron chi connectivity index (χ3n) is 4.15. The van der Waals surface area contributed by atoms with E-state index in [0.29, 0.717) is 43.9 Å². The molecule has 0 bridgehead atoms. The summed E-state index contributed by atoms with van der Waals surface area (Å²) in [4.78, 5) is 27.1. The van der Waals surface area contributed by atoms with Gasteiger partial charge in [0.15, 0.2) is 0 Å². The zero-order valence-corrected chi connectivity index (χ0v) is 14.0. The minimum Gasteiger partial charge on any atom is -0.481 e. The number of urea groups is 1. The van der Waals surface area contributed by atoms with Crippen molar-refractivity contribution < 1.29 is 19.4 Å². The summed E-state index contributed by atoms with van der Waals surface area (Å²) >= 11 is 0. The van der Waals surface area contributed by atoms with Gasteiger partial charge in [0.05, 0.1) is 24.4 Å². The van der Waals surface area contributed by atoms with Gasteiger partial charge in [-0.15, -0.1) is 0 Å². The number of carboxylic acid groups (broad SMARTS) is 1. The first-order chi connectivity index (χ1) is 11.6. The van der Waals surface area contributed by atoms with Crippen LogP contribution in [0.15, 0.2) is 18.3 Å². The Morgan fingerprint density at radius 2 is 2.04 bits per heavy atom. The molecule has 0 spiro atoms. The third-order valence-corrected chi connectivity index (χ3v) is 4.15. The molecule has 1 saturated carbocycles. The van der Waals surface area contributed by atoms with Crippen molar-refractivity contribution in [1.82, 2.24) is 10.3 Å². The highest BCUT2D eigenvalue weighted by molar-refractivity contribution is 5.89. The molecule has 7 heteroatoms. The van der Waals surface area contributed by atoms with E-state index in [1.165, 1.54) is 0 Å². The number of anilines is 1. The molecule has 0 saturated heterocycles. The van der Waals surface area contributed by atoms with Gasteiger partial charge in [0.1, 0.15) is 0 Å². The number of aliphatic carboxylic acids is 1. The summed E-state index contributed by atoms with van der Waals surface area (Å²) < 4.78 is 5.47. The maximum atomic E-state index is 12.0. The summed E-state index contributed by atoms with van der Waals surface area (Å²) in [7, 11) is 0. The van der Waals surface area contributed by atoms with Gasteiger partial charge in [-0.25, -0.2) is 9.78 Å². The smallest absolute Gasteiger partial charge is 0.319 e. The standard InChI is InChI=1S/C17H25N3O4/c1-2-3-10-24-15-9-8-14(11-18-15)20-17(23)19-13-6-4-12(5-7-13)16(21)22/h8-9,11-13H,2-7,10H2,1H3,(H,21,22)(H2,19,20,23). The Bertz CT molecular complexity index is 539. The molecule has 1 aliphatic rings. The van der Waals surface area contributed by atoms with Crippen molar-refractivity contribution in [2.24, 2.45) is 5.92 Å². The van der Waals surface area contributed by atoms with E-state index in [1.54, 1.807) is 18.3 Å². The Morgan fingerprint density at radius 3 is 2.62 bits per heavy atom. The number of carbonyl (C=O) groups excluding carboxylic acids is 1. The number of ether oxygens (including phenoxy) is 1. The molecule has 7 nitrogen and oxygen atoms in total. The molecular weight excluding hydrogens is 310 g/mol. The molecule has 3 N–H and O–H groups in total. The fourth-order valence-corrected chi connectivity index (χ4v) is 2.70. The van der Waals surface area contributed by atoms with Gasteiger partial charge < -0.3 is 20.5 Å². The number of pyridine rings is 1. The Balaban J connectivity index is 1.73. The van der Waals surface area contributed by atoms with Crippen LogP contribution < -0.4 is 15.4 Å². The van der Waals surface area contributed by atoms with Gasteiger partial charge in [0.25, 0.3) is 0 Å². The first kappa shape index (κ1) is 18.0. The summed E-state index contributed by atoms with van der Waals surface area (Å²) in [5.41, 5.74) is 0.592. The second-order valence-electron chi connectivity index (χ2n) is 6.07. The summed E-state index contributed by atoms with van der Waals surface area (Å²) in [6.45, 7) is 2.73. The topological polar surface area (TPSA) is 101 Å². The van der Waals surface area contributed by atoms with Crippen LogP contribution in [0.25, 0.3) is 0 Å². The highest BCUT2D eigenvalue weighted by Gasteiger charge is 2.26. The molecule has 1 aromatic rings. The Hall–Kier alpha value is -2.31. The predicted octanol–water partition coefficient (Wildman–Crippen LogP) is 3.03. The number of hydrogen-bond acceptors (Lipinski definition) is 4. The number of hydrogen-bond donors (Lipinski definition) is 3. The Kier molecular flexibility index (Phi) is 6.84. The number of rotatable bonds is 7. The first-order valence-electron chi connectivity index (χ1n) is 8.47. The van der Waals surface area contributed by atoms with Gasteiger partial charge in [-0.3, -0.25) is 4.79 Å². The molecular formula is C17H25N3O4. The number of amides is 2. The van der Waals surface area contributed by atoms with Gasteiger partial charge in [-0.05, 0) is 38.2 Å². The molecule has 24 heavy (non-hydrogen) atoms. The van der Waals surface area contributed by atoms with Crippen LogP contribution in [0.3, 0.4) is 0 Å². The molecule has 0 atom stereocenters. The summed E-state index contributed by atoms with van der Waals surface area (Å²) in [6, 6.07) is 3.19. The van der Waals surface area contributed by atoms with Crippen LogP contribution in [0, 0.1) is 5.92 Å². The quantitative estimate of drug-likeness (QED) is 0.665. The van der Waals surface area contributed by atoms with Gasteiger partial charge in [0.2, 0.25) is 5.88 Å². The zero-order valence-electron chi connectivity index (χ0n) is 14.0. The van der Waals surface area contributed by atoms with Gasteiger partial charge in [0, 0.05) is 12.1 Å². The molecule has 132 valence electrons. The normalized spacial score (nSPS) is 20.2. The predicted molar refractivity (Wildman–Crippen MR) is 90.2 cm³/mol. The number of aromatic nitrogens is 1. The van der Waals surface area contributed by atoms with Crippen LogP contribution >= 0.6 is 0 Å². The second kappa shape index (κ2) is 9.10. The number of unbranched alkanes of at least 4 members (excludes halogenated alkanes) is 1. The first-order valence-corrected chi connectivity index (χ1v) is 8.47. The third kappa shape index (κ3) is 5.72. The molecule has 0 aliphatic heterocycles. The minimum absolute atomic E-state index is 0.0187. The van der Waals surface area contributed by atoms with E-state index >= 15 is 0 Å². The maximum absolute atomic E-state index is 12.0. The summed E-state index contributed by atoms with van der Waals surface area (Å²) in [6.07, 6.45) is 6.18. The van der Waals surface area contributed by atoms with E-state index in [2.05, 4.69) is 22.5 Å². The lowest BCUT2D eigenvalue weighted by molar-refractivity contribution is -0.142. The van der Waals surface area contributed by atoms with Crippen molar-refractivity contribution in [3.05, 3.63) is 18.3 Å². The van der Waals surface area contributed by atoms with Crippen molar-refractivity contribution >= 4 is 17.7 Å². The van der Waals surface area contributed by atoms with Gasteiger partial charge in [-0.2, -0.15) is 0 Å². The van der Waals surface area contributed by atoms with Crippen LogP contribution in [0.1, 0.15) is 45.4 Å². The van der Waals surface area contributed by atoms with Crippen molar-refractivity contribution in [3.8, 4) is 5.88 Å². The lowest BCUT2D eigenvalue weighted by Crippen LogP contribution is -2.41. The van der Waals surface area contributed by atoms with Crippen LogP contribution in [-0.4, -0.2) is 34.7 Å². The summed E-state index contributed by atoms with van der Waals surface area (Å²) in [5.74, 6) is -0.484. The second-order valence-corrected chi connectivity index (χ2v) is 6.07. The van der Waals surface area contributed by atoms with Crippen LogP contribution in [0.4, 0.5) is 10.5 Å². The van der Waals surface area contributed by atoms with Gasteiger partial charge in [-0.1, -0.05) is 13.3 Å². The monoisotopic (exact) mass is 335 g/mol. The van der Waals surface area contributed by atoms with E-state index < -0.39 is 5.97 Å². The van der Waals surface area contributed by atoms with E-state index in [1.807, 2.05) is 0 Å². The lowest BCUT2D eigenvalue weighted by Gasteiger charge is -2.26. The molecule has 0 radical (unpaired) electrons. The molecule has 2 rings (SSSR count). The van der Waals surface area contributed by atoms with Crippen molar-refractivity contribution in [1.29, 1.82) is 0 Å². The van der Waals surface area contributed by atoms with E-state index in [-0.39, 0.29) is 18.0 Å². The number of nitrogens with zero attached hydrogens (tertiary/aromatic N) is 1. The average Bonchev–Trinajstić information content (AvgIpc) is 2.57. The number of nitrogens with one attached hydrogen (secondary N) is 2. The van der Waals surface area contributed by atoms with Crippen LogP contribution in [0.2, 0.25) is 0 Å². The van der Waals surface area contributed by atoms with Crippen molar-refractivity contribution in [2.45, 2.75) is 51.5 Å². The fourth-order valence-electron chi connectivity index (χ4n) is 2.70. The molecule has 2 amide bonds. The Labute approximate surface area is 141 Å². The summed E-state index contributed by atoms with van der Waals surface area (Å²) in [5, 5.41) is 14.6.